The molecule has 0 radical (unpaired) electrons. The zero-order valence-electron chi connectivity index (χ0n) is 18.4. The first kappa shape index (κ1) is 26.4. The van der Waals surface area contributed by atoms with Crippen LogP contribution in [-0.2, 0) is 17.0 Å². The molecule has 1 amide bonds. The zero-order chi connectivity index (χ0) is 21.9. The maximum absolute atomic E-state index is 13.6. The van der Waals surface area contributed by atoms with E-state index in [1.807, 2.05) is 35.2 Å². The molecule has 1 atom stereocenters. The number of guanidine groups is 1. The molecule has 0 aromatic heterocycles. The van der Waals surface area contributed by atoms with Crippen molar-refractivity contribution in [1.29, 1.82) is 0 Å². The van der Waals surface area contributed by atoms with Gasteiger partial charge in [0.1, 0.15) is 5.82 Å². The van der Waals surface area contributed by atoms with Crippen LogP contribution in [0.25, 0.3) is 0 Å². The van der Waals surface area contributed by atoms with Crippen LogP contribution in [0.4, 0.5) is 4.39 Å². The third kappa shape index (κ3) is 8.61. The van der Waals surface area contributed by atoms with Crippen LogP contribution in [0.15, 0.2) is 59.6 Å². The third-order valence-corrected chi connectivity index (χ3v) is 6.35. The number of halogens is 2. The van der Waals surface area contributed by atoms with Gasteiger partial charge in [0.2, 0.25) is 5.91 Å². The monoisotopic (exact) mass is 570 g/mol. The minimum Gasteiger partial charge on any atom is -0.356 e. The zero-order valence-corrected chi connectivity index (χ0v) is 21.6. The van der Waals surface area contributed by atoms with Gasteiger partial charge in [-0.25, -0.2) is 4.39 Å². The molecule has 0 saturated carbocycles. The number of nitrogens with zero attached hydrogens (tertiary/aromatic N) is 2. The molecule has 1 aliphatic heterocycles. The quantitative estimate of drug-likeness (QED) is 0.197. The summed E-state index contributed by atoms with van der Waals surface area (Å²) in [5.74, 6) is 2.62. The van der Waals surface area contributed by atoms with E-state index in [0.29, 0.717) is 12.2 Å². The molecule has 0 spiro atoms. The summed E-state index contributed by atoms with van der Waals surface area (Å²) in [6.07, 6.45) is 1.47. The molecule has 0 aliphatic carbocycles. The van der Waals surface area contributed by atoms with E-state index >= 15 is 0 Å². The Morgan fingerprint density at radius 2 is 1.91 bits per heavy atom. The first-order valence-electron chi connectivity index (χ1n) is 10.7. The van der Waals surface area contributed by atoms with Gasteiger partial charge in [-0.3, -0.25) is 9.79 Å². The maximum Gasteiger partial charge on any atom is 0.223 e. The highest BCUT2D eigenvalue weighted by atomic mass is 127. The van der Waals surface area contributed by atoms with Gasteiger partial charge in [-0.05, 0) is 23.6 Å². The lowest BCUT2D eigenvalue weighted by Crippen LogP contribution is -2.41. The minimum atomic E-state index is -0.149. The summed E-state index contributed by atoms with van der Waals surface area (Å²) in [5, 5.41) is 6.62. The topological polar surface area (TPSA) is 56.7 Å². The molecule has 1 fully saturated rings. The smallest absolute Gasteiger partial charge is 0.223 e. The van der Waals surface area contributed by atoms with Gasteiger partial charge in [0.15, 0.2) is 5.96 Å². The van der Waals surface area contributed by atoms with E-state index in [4.69, 9.17) is 0 Å². The molecule has 174 valence electrons. The van der Waals surface area contributed by atoms with Crippen molar-refractivity contribution in [3.8, 4) is 0 Å². The summed E-state index contributed by atoms with van der Waals surface area (Å²) in [4.78, 5) is 18.6. The molecule has 3 rings (SSSR count). The van der Waals surface area contributed by atoms with E-state index in [2.05, 4.69) is 27.8 Å². The van der Waals surface area contributed by atoms with E-state index in [-0.39, 0.29) is 41.6 Å². The largest absolute Gasteiger partial charge is 0.356 e. The van der Waals surface area contributed by atoms with E-state index < -0.39 is 0 Å². The van der Waals surface area contributed by atoms with Crippen molar-refractivity contribution in [2.75, 3.05) is 39.0 Å². The molecule has 32 heavy (non-hydrogen) atoms. The molecule has 8 heteroatoms. The fraction of sp³-hybridized carbons (Fsp3) is 0.417. The van der Waals surface area contributed by atoms with Crippen molar-refractivity contribution >= 4 is 47.6 Å². The van der Waals surface area contributed by atoms with E-state index in [1.54, 1.807) is 24.9 Å². The van der Waals surface area contributed by atoms with E-state index in [1.165, 1.54) is 11.6 Å². The van der Waals surface area contributed by atoms with Crippen molar-refractivity contribution in [2.24, 2.45) is 10.9 Å². The highest BCUT2D eigenvalue weighted by Crippen LogP contribution is 2.18. The molecular weight excluding hydrogens is 538 g/mol. The molecule has 1 aliphatic rings. The van der Waals surface area contributed by atoms with Gasteiger partial charge in [0.05, 0.1) is 0 Å². The summed E-state index contributed by atoms with van der Waals surface area (Å²) in [6, 6.07) is 17.2. The molecular formula is C24H32FIN4OS. The van der Waals surface area contributed by atoms with Crippen LogP contribution < -0.4 is 10.6 Å². The molecule has 1 unspecified atom stereocenters. The summed E-state index contributed by atoms with van der Waals surface area (Å²) < 4.78 is 13.6. The van der Waals surface area contributed by atoms with Crippen LogP contribution in [0.5, 0.6) is 0 Å². The molecule has 0 bridgehead atoms. The van der Waals surface area contributed by atoms with Crippen molar-refractivity contribution < 1.29 is 9.18 Å². The number of rotatable bonds is 10. The minimum absolute atomic E-state index is 0. The van der Waals surface area contributed by atoms with Crippen molar-refractivity contribution in [2.45, 2.75) is 18.6 Å². The highest BCUT2D eigenvalue weighted by molar-refractivity contribution is 14.0. The Bertz CT molecular complexity index is 868. The molecule has 2 aromatic rings. The van der Waals surface area contributed by atoms with Crippen LogP contribution in [0.2, 0.25) is 0 Å². The van der Waals surface area contributed by atoms with Gasteiger partial charge in [0.25, 0.3) is 0 Å². The molecule has 1 saturated heterocycles. The number of likely N-dealkylation sites (tertiary alicyclic amines) is 1. The average molecular weight is 571 g/mol. The lowest BCUT2D eigenvalue weighted by molar-refractivity contribution is -0.127. The molecule has 2 aromatic carbocycles. The SMILES string of the molecule is CN=C(NCCSCc1ccccc1F)NCC1CC(=O)N(CCc2ccccc2)C1.I. The number of carbonyl (C=O) groups excluding carboxylic acids is 1. The van der Waals surface area contributed by atoms with E-state index in [9.17, 15) is 9.18 Å². The van der Waals surface area contributed by atoms with Gasteiger partial charge in [-0.15, -0.1) is 24.0 Å². The Labute approximate surface area is 211 Å². The number of amides is 1. The number of benzene rings is 2. The highest BCUT2D eigenvalue weighted by Gasteiger charge is 2.29. The standard InChI is InChI=1S/C24H31FN4OS.HI/c1-26-24(27-12-14-31-18-21-9-5-6-10-22(21)25)28-16-20-15-23(30)29(17-20)13-11-19-7-3-2-4-8-19;/h2-10,20H,11-18H2,1H3,(H2,26,27,28);1H. The Morgan fingerprint density at radius 1 is 1.16 bits per heavy atom. The normalized spacial score (nSPS) is 16.1. The number of carbonyl (C=O) groups is 1. The van der Waals surface area contributed by atoms with Crippen molar-refractivity contribution in [3.05, 3.63) is 71.5 Å². The van der Waals surface area contributed by atoms with E-state index in [0.717, 1.165) is 49.9 Å². The van der Waals surface area contributed by atoms with Gasteiger partial charge >= 0.3 is 0 Å². The number of nitrogens with one attached hydrogen (secondary N) is 2. The lowest BCUT2D eigenvalue weighted by Gasteiger charge is -2.18. The van der Waals surface area contributed by atoms with Crippen LogP contribution in [-0.4, -0.2) is 55.7 Å². The van der Waals surface area contributed by atoms with Gasteiger partial charge < -0.3 is 15.5 Å². The predicted octanol–water partition coefficient (Wildman–Crippen LogP) is 3.93. The second-order valence-corrected chi connectivity index (χ2v) is 8.77. The summed E-state index contributed by atoms with van der Waals surface area (Å²) in [7, 11) is 1.74. The number of hydrogen-bond donors (Lipinski definition) is 2. The van der Waals surface area contributed by atoms with Gasteiger partial charge in [0, 0.05) is 57.1 Å². The predicted molar refractivity (Wildman–Crippen MR) is 142 cm³/mol. The second-order valence-electron chi connectivity index (χ2n) is 7.67. The fourth-order valence-electron chi connectivity index (χ4n) is 3.62. The Hall–Kier alpha value is -1.81. The average Bonchev–Trinajstić information content (AvgIpc) is 3.15. The molecule has 1 heterocycles. The number of hydrogen-bond acceptors (Lipinski definition) is 3. The summed E-state index contributed by atoms with van der Waals surface area (Å²) in [6.45, 7) is 3.01. The summed E-state index contributed by atoms with van der Waals surface area (Å²) in [5.41, 5.74) is 1.99. The number of thioether (sulfide) groups is 1. The Kier molecular flexibility index (Phi) is 11.9. The van der Waals surface area contributed by atoms with Crippen LogP contribution in [0.3, 0.4) is 0 Å². The first-order chi connectivity index (χ1) is 15.2. The third-order valence-electron chi connectivity index (χ3n) is 5.34. The Balaban J connectivity index is 0.00000363. The fourth-order valence-corrected chi connectivity index (χ4v) is 4.46. The van der Waals surface area contributed by atoms with Crippen molar-refractivity contribution in [3.63, 3.8) is 0 Å². The van der Waals surface area contributed by atoms with Gasteiger partial charge in [-0.2, -0.15) is 11.8 Å². The Morgan fingerprint density at radius 3 is 2.66 bits per heavy atom. The second kappa shape index (κ2) is 14.4. The summed E-state index contributed by atoms with van der Waals surface area (Å²) >= 11 is 1.68. The van der Waals surface area contributed by atoms with Crippen LogP contribution in [0, 0.1) is 11.7 Å². The maximum atomic E-state index is 13.6. The van der Waals surface area contributed by atoms with Gasteiger partial charge in [-0.1, -0.05) is 48.5 Å². The van der Waals surface area contributed by atoms with Crippen LogP contribution >= 0.6 is 35.7 Å². The molecule has 2 N–H and O–H groups in total. The lowest BCUT2D eigenvalue weighted by atomic mass is 10.1. The first-order valence-corrected chi connectivity index (χ1v) is 11.9. The van der Waals surface area contributed by atoms with Crippen molar-refractivity contribution in [1.82, 2.24) is 15.5 Å². The van der Waals surface area contributed by atoms with Crippen LogP contribution in [0.1, 0.15) is 17.5 Å². The number of aliphatic imine (C=N–C) groups is 1. The molecule has 5 nitrogen and oxygen atoms in total.